The van der Waals surface area contributed by atoms with Gasteiger partial charge in [0.2, 0.25) is 0 Å². The van der Waals surface area contributed by atoms with Crippen molar-refractivity contribution in [1.29, 1.82) is 0 Å². The Morgan fingerprint density at radius 3 is 2.24 bits per heavy atom. The van der Waals surface area contributed by atoms with Crippen molar-refractivity contribution in [2.24, 2.45) is 5.73 Å². The van der Waals surface area contributed by atoms with E-state index in [1.54, 1.807) is 19.2 Å². The van der Waals surface area contributed by atoms with Crippen LogP contribution in [0.2, 0.25) is 0 Å². The highest BCUT2D eigenvalue weighted by atomic mass is 16.5. The molecule has 0 spiro atoms. The summed E-state index contributed by atoms with van der Waals surface area (Å²) in [6.07, 6.45) is 0.788. The van der Waals surface area contributed by atoms with Crippen LogP contribution in [0.3, 0.4) is 0 Å². The van der Waals surface area contributed by atoms with Crippen LogP contribution in [-0.4, -0.2) is 19.6 Å². The van der Waals surface area contributed by atoms with Crippen LogP contribution in [0, 0.1) is 0 Å². The zero-order chi connectivity index (χ0) is 15.1. The fourth-order valence-corrected chi connectivity index (χ4v) is 2.01. The lowest BCUT2D eigenvalue weighted by Crippen LogP contribution is -2.25. The van der Waals surface area contributed by atoms with E-state index in [1.807, 2.05) is 36.4 Å². The van der Waals surface area contributed by atoms with Crippen molar-refractivity contribution >= 4 is 5.91 Å². The zero-order valence-electron chi connectivity index (χ0n) is 12.1. The van der Waals surface area contributed by atoms with Gasteiger partial charge in [-0.3, -0.25) is 4.79 Å². The van der Waals surface area contributed by atoms with Crippen LogP contribution in [0.15, 0.2) is 48.5 Å². The second-order valence-corrected chi connectivity index (χ2v) is 4.76. The number of benzene rings is 2. The van der Waals surface area contributed by atoms with Crippen molar-refractivity contribution in [1.82, 2.24) is 5.32 Å². The van der Waals surface area contributed by atoms with Gasteiger partial charge in [-0.15, -0.1) is 0 Å². The zero-order valence-corrected chi connectivity index (χ0v) is 12.1. The van der Waals surface area contributed by atoms with Gasteiger partial charge in [0.25, 0.3) is 5.91 Å². The van der Waals surface area contributed by atoms with Gasteiger partial charge >= 0.3 is 0 Å². The Kier molecular flexibility index (Phi) is 5.35. The third-order valence-corrected chi connectivity index (χ3v) is 3.31. The van der Waals surface area contributed by atoms with Gasteiger partial charge in [0.1, 0.15) is 5.75 Å². The Bertz CT molecular complexity index is 577. The van der Waals surface area contributed by atoms with Gasteiger partial charge in [0.15, 0.2) is 0 Å². The lowest BCUT2D eigenvalue weighted by Gasteiger charge is -2.07. The van der Waals surface area contributed by atoms with Crippen molar-refractivity contribution in [3.05, 3.63) is 65.2 Å². The minimum Gasteiger partial charge on any atom is -0.497 e. The summed E-state index contributed by atoms with van der Waals surface area (Å²) < 4.78 is 5.11. The SMILES string of the molecule is COc1ccc(CCNC(=O)c2ccc(CN)cc2)cc1. The van der Waals surface area contributed by atoms with Crippen LogP contribution in [0.5, 0.6) is 5.75 Å². The number of nitrogens with one attached hydrogen (secondary N) is 1. The lowest BCUT2D eigenvalue weighted by atomic mass is 10.1. The predicted octanol–water partition coefficient (Wildman–Crippen LogP) is 2.13. The molecule has 0 aliphatic carbocycles. The van der Waals surface area contributed by atoms with Crippen LogP contribution in [0.4, 0.5) is 0 Å². The van der Waals surface area contributed by atoms with Crippen molar-refractivity contribution in [3.63, 3.8) is 0 Å². The van der Waals surface area contributed by atoms with E-state index in [-0.39, 0.29) is 5.91 Å². The van der Waals surface area contributed by atoms with Gasteiger partial charge in [-0.25, -0.2) is 0 Å². The first-order valence-electron chi connectivity index (χ1n) is 6.93. The molecule has 0 fully saturated rings. The highest BCUT2D eigenvalue weighted by Crippen LogP contribution is 2.11. The Morgan fingerprint density at radius 1 is 1.05 bits per heavy atom. The fraction of sp³-hybridized carbons (Fsp3) is 0.235. The minimum absolute atomic E-state index is 0.0629. The smallest absolute Gasteiger partial charge is 0.251 e. The summed E-state index contributed by atoms with van der Waals surface area (Å²) >= 11 is 0. The maximum Gasteiger partial charge on any atom is 0.251 e. The van der Waals surface area contributed by atoms with Crippen LogP contribution < -0.4 is 15.8 Å². The molecule has 3 N–H and O–H groups in total. The molecule has 0 radical (unpaired) electrons. The first-order chi connectivity index (χ1) is 10.2. The Hall–Kier alpha value is -2.33. The molecular weight excluding hydrogens is 264 g/mol. The van der Waals surface area contributed by atoms with Gasteiger partial charge in [-0.1, -0.05) is 24.3 Å². The average molecular weight is 284 g/mol. The highest BCUT2D eigenvalue weighted by Gasteiger charge is 2.04. The molecule has 0 saturated carbocycles. The number of amides is 1. The van der Waals surface area contributed by atoms with Crippen LogP contribution in [0.1, 0.15) is 21.5 Å². The standard InChI is InChI=1S/C17H20N2O2/c1-21-16-8-4-13(5-9-16)10-11-19-17(20)15-6-2-14(12-18)3-7-15/h2-9H,10-12,18H2,1H3,(H,19,20). The molecule has 0 heterocycles. The molecule has 2 aromatic rings. The van der Waals surface area contributed by atoms with E-state index in [1.165, 1.54) is 0 Å². The Morgan fingerprint density at radius 2 is 1.67 bits per heavy atom. The predicted molar refractivity (Wildman–Crippen MR) is 83.4 cm³/mol. The van der Waals surface area contributed by atoms with Crippen molar-refractivity contribution < 1.29 is 9.53 Å². The molecular formula is C17H20N2O2. The quantitative estimate of drug-likeness (QED) is 0.854. The first-order valence-corrected chi connectivity index (χ1v) is 6.93. The third kappa shape index (κ3) is 4.33. The molecule has 0 aliphatic rings. The van der Waals surface area contributed by atoms with E-state index in [2.05, 4.69) is 5.32 Å². The molecule has 2 rings (SSSR count). The van der Waals surface area contributed by atoms with Crippen molar-refractivity contribution in [2.75, 3.05) is 13.7 Å². The summed E-state index contributed by atoms with van der Waals surface area (Å²) in [6, 6.07) is 15.2. The Balaban J connectivity index is 1.82. The van der Waals surface area contributed by atoms with Crippen LogP contribution >= 0.6 is 0 Å². The second-order valence-electron chi connectivity index (χ2n) is 4.76. The summed E-state index contributed by atoms with van der Waals surface area (Å²) in [5.74, 6) is 0.773. The maximum absolute atomic E-state index is 12.0. The molecule has 0 unspecified atom stereocenters. The number of hydrogen-bond acceptors (Lipinski definition) is 3. The van der Waals surface area contributed by atoms with Crippen molar-refractivity contribution in [3.8, 4) is 5.75 Å². The lowest BCUT2D eigenvalue weighted by molar-refractivity contribution is 0.0954. The molecule has 0 bridgehead atoms. The van der Waals surface area contributed by atoms with E-state index >= 15 is 0 Å². The Labute approximate surface area is 124 Å². The minimum atomic E-state index is -0.0629. The summed E-state index contributed by atoms with van der Waals surface area (Å²) in [5, 5.41) is 2.91. The van der Waals surface area contributed by atoms with Gasteiger partial charge < -0.3 is 15.8 Å². The molecule has 0 aliphatic heterocycles. The molecule has 2 aromatic carbocycles. The number of rotatable bonds is 6. The molecule has 0 atom stereocenters. The van der Waals surface area contributed by atoms with Gasteiger partial charge in [0.05, 0.1) is 7.11 Å². The first kappa shape index (κ1) is 15.1. The van der Waals surface area contributed by atoms with E-state index < -0.39 is 0 Å². The number of ether oxygens (including phenoxy) is 1. The van der Waals surface area contributed by atoms with Gasteiger partial charge in [-0.05, 0) is 41.8 Å². The molecule has 1 amide bonds. The summed E-state index contributed by atoms with van der Waals surface area (Å²) in [6.45, 7) is 1.09. The highest BCUT2D eigenvalue weighted by molar-refractivity contribution is 5.94. The molecule has 4 nitrogen and oxygen atoms in total. The van der Waals surface area contributed by atoms with E-state index in [0.717, 1.165) is 23.3 Å². The largest absolute Gasteiger partial charge is 0.497 e. The normalized spacial score (nSPS) is 10.2. The summed E-state index contributed by atoms with van der Waals surface area (Å²) in [5.41, 5.74) is 8.37. The van der Waals surface area contributed by atoms with Crippen LogP contribution in [0.25, 0.3) is 0 Å². The number of carbonyl (C=O) groups excluding carboxylic acids is 1. The number of carbonyl (C=O) groups is 1. The molecule has 4 heteroatoms. The molecule has 110 valence electrons. The van der Waals surface area contributed by atoms with E-state index in [9.17, 15) is 4.79 Å². The molecule has 0 aromatic heterocycles. The topological polar surface area (TPSA) is 64.3 Å². The van der Waals surface area contributed by atoms with E-state index in [4.69, 9.17) is 10.5 Å². The summed E-state index contributed by atoms with van der Waals surface area (Å²) in [7, 11) is 1.64. The van der Waals surface area contributed by atoms with Crippen LogP contribution in [-0.2, 0) is 13.0 Å². The maximum atomic E-state index is 12.0. The number of nitrogens with two attached hydrogens (primary N) is 1. The number of hydrogen-bond donors (Lipinski definition) is 2. The fourth-order valence-electron chi connectivity index (χ4n) is 2.01. The van der Waals surface area contributed by atoms with Gasteiger partial charge in [0, 0.05) is 18.7 Å². The summed E-state index contributed by atoms with van der Waals surface area (Å²) in [4.78, 5) is 12.0. The number of methoxy groups -OCH3 is 1. The molecule has 0 saturated heterocycles. The average Bonchev–Trinajstić information content (AvgIpc) is 2.55. The second kappa shape index (κ2) is 7.45. The van der Waals surface area contributed by atoms with E-state index in [0.29, 0.717) is 18.7 Å². The molecule has 21 heavy (non-hydrogen) atoms. The monoisotopic (exact) mass is 284 g/mol. The van der Waals surface area contributed by atoms with Crippen molar-refractivity contribution in [2.45, 2.75) is 13.0 Å². The third-order valence-electron chi connectivity index (χ3n) is 3.31. The van der Waals surface area contributed by atoms with Gasteiger partial charge in [-0.2, -0.15) is 0 Å².